The van der Waals surface area contributed by atoms with E-state index < -0.39 is 62.9 Å². The highest BCUT2D eigenvalue weighted by Crippen LogP contribution is 2.54. The van der Waals surface area contributed by atoms with Crippen LogP contribution in [0.15, 0.2) is 82.6 Å². The summed E-state index contributed by atoms with van der Waals surface area (Å²) >= 11 is 1.76. The molecule has 3 heterocycles. The predicted octanol–water partition coefficient (Wildman–Crippen LogP) is 5.28. The Morgan fingerprint density at radius 1 is 1.02 bits per heavy atom. The van der Waals surface area contributed by atoms with E-state index in [-0.39, 0.29) is 22.1 Å². The lowest BCUT2D eigenvalue weighted by Gasteiger charge is -2.30. The third kappa shape index (κ3) is 5.53. The van der Waals surface area contributed by atoms with Crippen LogP contribution in [0.5, 0.6) is 5.75 Å². The van der Waals surface area contributed by atoms with Gasteiger partial charge in [-0.15, -0.1) is 0 Å². The number of benzene rings is 3. The number of methoxy groups -OCH3 is 1. The van der Waals surface area contributed by atoms with E-state index in [1.54, 1.807) is 24.3 Å². The van der Waals surface area contributed by atoms with Crippen LogP contribution in [0.1, 0.15) is 21.9 Å². The van der Waals surface area contributed by atoms with Crippen molar-refractivity contribution in [1.29, 1.82) is 0 Å². The summed E-state index contributed by atoms with van der Waals surface area (Å²) in [5.41, 5.74) is -0.547. The Balaban J connectivity index is 1.37. The molecule has 1 N–H and O–H groups in total. The summed E-state index contributed by atoms with van der Waals surface area (Å²) in [6.07, 6.45) is -4.62. The van der Waals surface area contributed by atoms with Gasteiger partial charge in [-0.2, -0.15) is 13.2 Å². The third-order valence-corrected chi connectivity index (χ3v) is 10.2. The molecule has 0 saturated carbocycles. The molecule has 3 aromatic carbocycles. The highest BCUT2D eigenvalue weighted by Gasteiger charge is 2.57. The first-order valence-corrected chi connectivity index (χ1v) is 15.2. The number of alkyl halides is 3. The molecule has 236 valence electrons. The maximum absolute atomic E-state index is 14.0. The molecular weight excluding hydrogens is 649 g/mol. The maximum Gasteiger partial charge on any atom is 0.416 e. The summed E-state index contributed by atoms with van der Waals surface area (Å²) in [7, 11) is 1.48. The van der Waals surface area contributed by atoms with Crippen LogP contribution in [0, 0.1) is 16.0 Å². The fourth-order valence-electron chi connectivity index (χ4n) is 5.52. The summed E-state index contributed by atoms with van der Waals surface area (Å²) in [5, 5.41) is 12.8. The number of anilines is 2. The predicted molar refractivity (Wildman–Crippen MR) is 162 cm³/mol. The van der Waals surface area contributed by atoms with Crippen LogP contribution in [-0.2, 0) is 27.1 Å². The van der Waals surface area contributed by atoms with E-state index in [1.165, 1.54) is 37.4 Å². The first-order valence-electron chi connectivity index (χ1n) is 13.5. The zero-order valence-electron chi connectivity index (χ0n) is 23.5. The third-order valence-electron chi connectivity index (χ3n) is 7.62. The summed E-state index contributed by atoms with van der Waals surface area (Å²) in [6, 6.07) is 15.8. The molecule has 2 aliphatic rings. The smallest absolute Gasteiger partial charge is 0.416 e. The standard InChI is InChI=1S/C30H21F3N4O7S2/c1-44-20-11-5-15(6-12-20)22-23-24(27(40)36(26(23)39)18-7-9-19(10-8-18)37(42)43)45-28-25(22)46-29(41)35(28)14-21(38)34-17-4-2-3-16(13-17)30(31,32)33/h2-13,22-24H,14H2,1H3,(H,34,38)/t22-,23+,24-/m0/s1. The van der Waals surface area contributed by atoms with E-state index >= 15 is 0 Å². The lowest BCUT2D eigenvalue weighted by atomic mass is 9.83. The molecule has 11 nitrogen and oxygen atoms in total. The lowest BCUT2D eigenvalue weighted by Crippen LogP contribution is -2.33. The van der Waals surface area contributed by atoms with Gasteiger partial charge in [-0.25, -0.2) is 4.90 Å². The molecule has 1 aromatic heterocycles. The molecule has 46 heavy (non-hydrogen) atoms. The van der Waals surface area contributed by atoms with Crippen LogP contribution in [0.4, 0.5) is 30.2 Å². The van der Waals surface area contributed by atoms with Crippen LogP contribution < -0.4 is 19.8 Å². The molecule has 0 radical (unpaired) electrons. The van der Waals surface area contributed by atoms with Crippen LogP contribution in [-0.4, -0.2) is 39.6 Å². The van der Waals surface area contributed by atoms with Gasteiger partial charge in [-0.1, -0.05) is 41.3 Å². The molecule has 6 rings (SSSR count). The zero-order chi connectivity index (χ0) is 32.9. The van der Waals surface area contributed by atoms with Gasteiger partial charge < -0.3 is 10.1 Å². The van der Waals surface area contributed by atoms with Crippen molar-refractivity contribution in [2.45, 2.75) is 28.9 Å². The number of imide groups is 1. The van der Waals surface area contributed by atoms with Gasteiger partial charge in [-0.05, 0) is 48.0 Å². The number of nitro benzene ring substituents is 1. The number of nitrogens with zero attached hydrogens (tertiary/aromatic N) is 3. The van der Waals surface area contributed by atoms with Gasteiger partial charge in [0, 0.05) is 28.6 Å². The van der Waals surface area contributed by atoms with E-state index in [4.69, 9.17) is 4.74 Å². The fourth-order valence-corrected chi connectivity index (χ4v) is 8.29. The first-order chi connectivity index (χ1) is 21.9. The molecule has 0 unspecified atom stereocenters. The topological polar surface area (TPSA) is 141 Å². The number of rotatable bonds is 7. The molecule has 16 heteroatoms. The number of fused-ring (bicyclic) bond motifs is 2. The van der Waals surface area contributed by atoms with Gasteiger partial charge in [0.1, 0.15) is 17.5 Å². The van der Waals surface area contributed by atoms with Crippen molar-refractivity contribution in [3.8, 4) is 5.75 Å². The number of ether oxygens (including phenoxy) is 1. The number of non-ortho nitro benzene ring substituents is 1. The van der Waals surface area contributed by atoms with E-state index in [0.717, 1.165) is 50.8 Å². The number of carbonyl (C=O) groups excluding carboxylic acids is 3. The van der Waals surface area contributed by atoms with Crippen LogP contribution in [0.25, 0.3) is 0 Å². The van der Waals surface area contributed by atoms with Crippen molar-refractivity contribution in [3.05, 3.63) is 109 Å². The molecule has 1 saturated heterocycles. The second-order valence-corrected chi connectivity index (χ2v) is 12.5. The molecule has 0 spiro atoms. The molecule has 1 fully saturated rings. The lowest BCUT2D eigenvalue weighted by molar-refractivity contribution is -0.384. The number of nitrogens with one attached hydrogen (secondary N) is 1. The average molecular weight is 671 g/mol. The zero-order valence-corrected chi connectivity index (χ0v) is 25.2. The molecule has 2 aliphatic heterocycles. The molecule has 3 amide bonds. The van der Waals surface area contributed by atoms with Crippen molar-refractivity contribution in [3.63, 3.8) is 0 Å². The number of halogens is 3. The molecule has 4 aromatic rings. The van der Waals surface area contributed by atoms with Crippen LogP contribution in [0.3, 0.4) is 0 Å². The Labute approximate surface area is 265 Å². The van der Waals surface area contributed by atoms with E-state index in [0.29, 0.717) is 16.2 Å². The number of thioether (sulfide) groups is 1. The minimum Gasteiger partial charge on any atom is -0.497 e. The van der Waals surface area contributed by atoms with Crippen molar-refractivity contribution >= 4 is 57.9 Å². The van der Waals surface area contributed by atoms with Gasteiger partial charge in [0.05, 0.1) is 34.2 Å². The minimum absolute atomic E-state index is 0.115. The monoisotopic (exact) mass is 670 g/mol. The quantitative estimate of drug-likeness (QED) is 0.159. The summed E-state index contributed by atoms with van der Waals surface area (Å²) < 4.78 is 45.9. The minimum atomic E-state index is -4.62. The van der Waals surface area contributed by atoms with Gasteiger partial charge in [0.25, 0.3) is 5.69 Å². The number of carbonyl (C=O) groups is 3. The normalized spacial score (nSPS) is 19.0. The van der Waals surface area contributed by atoms with Gasteiger partial charge in [-0.3, -0.25) is 33.9 Å². The largest absolute Gasteiger partial charge is 0.497 e. The first kappa shape index (κ1) is 31.0. The SMILES string of the molecule is COc1ccc([C@@H]2c3sc(=O)n(CC(=O)Nc4cccc(C(F)(F)F)c4)c3S[C@@H]3C(=O)N(c4ccc([N+](=O)[O-])cc4)C(=O)[C@H]23)cc1. The Kier molecular flexibility index (Phi) is 7.93. The van der Waals surface area contributed by atoms with Crippen molar-refractivity contribution in [2.24, 2.45) is 5.92 Å². The summed E-state index contributed by atoms with van der Waals surface area (Å²) in [6.45, 7) is -0.561. The number of hydrogen-bond acceptors (Lipinski definition) is 9. The van der Waals surface area contributed by atoms with Crippen molar-refractivity contribution in [2.75, 3.05) is 17.3 Å². The second-order valence-electron chi connectivity index (χ2n) is 10.4. The molecule has 3 atom stereocenters. The number of amides is 3. The maximum atomic E-state index is 14.0. The molecule has 0 aliphatic carbocycles. The summed E-state index contributed by atoms with van der Waals surface area (Å²) in [5.74, 6) is -3.14. The Morgan fingerprint density at radius 2 is 1.72 bits per heavy atom. The Morgan fingerprint density at radius 3 is 2.35 bits per heavy atom. The average Bonchev–Trinajstić information content (AvgIpc) is 3.47. The Bertz CT molecular complexity index is 1940. The van der Waals surface area contributed by atoms with E-state index in [1.807, 2.05) is 0 Å². The van der Waals surface area contributed by atoms with Crippen molar-refractivity contribution < 1.29 is 37.2 Å². The molecule has 0 bridgehead atoms. The van der Waals surface area contributed by atoms with E-state index in [9.17, 15) is 42.5 Å². The number of aromatic nitrogens is 1. The molecular formula is C30H21F3N4O7S2. The van der Waals surface area contributed by atoms with Gasteiger partial charge in [0.2, 0.25) is 17.7 Å². The fraction of sp³-hybridized carbons (Fsp3) is 0.200. The van der Waals surface area contributed by atoms with Crippen molar-refractivity contribution in [1.82, 2.24) is 4.57 Å². The summed E-state index contributed by atoms with van der Waals surface area (Å²) in [4.78, 5) is 65.5. The second kappa shape index (κ2) is 11.8. The van der Waals surface area contributed by atoms with Gasteiger partial charge in [0.15, 0.2) is 0 Å². The highest BCUT2D eigenvalue weighted by atomic mass is 32.2. The number of nitro groups is 1. The number of hydrogen-bond donors (Lipinski definition) is 1. The van der Waals surface area contributed by atoms with Crippen LogP contribution in [0.2, 0.25) is 0 Å². The van der Waals surface area contributed by atoms with Crippen LogP contribution >= 0.6 is 23.1 Å². The van der Waals surface area contributed by atoms with E-state index in [2.05, 4.69) is 5.32 Å². The highest BCUT2D eigenvalue weighted by molar-refractivity contribution is 8.00. The van der Waals surface area contributed by atoms with Gasteiger partial charge >= 0.3 is 11.0 Å². The Hall–Kier alpha value is -4.96. The number of thiazole rings is 1.